The maximum Gasteiger partial charge on any atom is 0.224 e. The summed E-state index contributed by atoms with van der Waals surface area (Å²) in [5, 5.41) is 4.20. The van der Waals surface area contributed by atoms with E-state index in [9.17, 15) is 4.79 Å². The molecule has 1 aromatic carbocycles. The van der Waals surface area contributed by atoms with Crippen molar-refractivity contribution in [3.63, 3.8) is 0 Å². The molecule has 6 nitrogen and oxygen atoms in total. The third kappa shape index (κ3) is 4.87. The van der Waals surface area contributed by atoms with E-state index >= 15 is 0 Å². The molecule has 1 amide bonds. The van der Waals surface area contributed by atoms with Gasteiger partial charge in [0, 0.05) is 44.7 Å². The van der Waals surface area contributed by atoms with Crippen molar-refractivity contribution in [3.05, 3.63) is 36.4 Å². The third-order valence-corrected chi connectivity index (χ3v) is 6.32. The maximum atomic E-state index is 12.4. The molecule has 2 aliphatic heterocycles. The van der Waals surface area contributed by atoms with Gasteiger partial charge in [0.05, 0.1) is 18.0 Å². The number of piperidine rings is 2. The smallest absolute Gasteiger partial charge is 0.224 e. The second-order valence-corrected chi connectivity index (χ2v) is 8.20. The van der Waals surface area contributed by atoms with Crippen LogP contribution in [0, 0.1) is 5.92 Å². The lowest BCUT2D eigenvalue weighted by Gasteiger charge is -2.42. The van der Waals surface area contributed by atoms with Crippen LogP contribution in [-0.4, -0.2) is 68.3 Å². The number of rotatable bonds is 6. The molecule has 0 aliphatic carbocycles. The van der Waals surface area contributed by atoms with Gasteiger partial charge in [-0.1, -0.05) is 18.2 Å². The van der Waals surface area contributed by atoms with Gasteiger partial charge < -0.3 is 15.0 Å². The lowest BCUT2D eigenvalue weighted by atomic mass is 9.93. The van der Waals surface area contributed by atoms with Crippen LogP contribution in [0.4, 0.5) is 5.82 Å². The number of methoxy groups -OCH3 is 1. The minimum atomic E-state index is 0.112. The first kappa shape index (κ1) is 20.1. The minimum Gasteiger partial charge on any atom is -0.383 e. The van der Waals surface area contributed by atoms with Crippen LogP contribution in [-0.2, 0) is 9.53 Å². The Hall–Kier alpha value is -2.18. The van der Waals surface area contributed by atoms with Crippen molar-refractivity contribution in [2.75, 3.05) is 51.3 Å². The van der Waals surface area contributed by atoms with Gasteiger partial charge in [-0.25, -0.2) is 4.98 Å². The Labute approximate surface area is 173 Å². The number of benzene rings is 1. The summed E-state index contributed by atoms with van der Waals surface area (Å²) in [6.07, 6.45) is 4.36. The van der Waals surface area contributed by atoms with Crippen molar-refractivity contribution < 1.29 is 9.53 Å². The summed E-state index contributed by atoms with van der Waals surface area (Å²) < 4.78 is 5.03. The van der Waals surface area contributed by atoms with Crippen molar-refractivity contribution in [2.24, 2.45) is 5.92 Å². The summed E-state index contributed by atoms with van der Waals surface area (Å²) in [5.74, 6) is 1.38. The van der Waals surface area contributed by atoms with Gasteiger partial charge in [-0.3, -0.25) is 9.69 Å². The molecule has 1 unspecified atom stereocenters. The number of likely N-dealkylation sites (tertiary alicyclic amines) is 1. The van der Waals surface area contributed by atoms with Crippen molar-refractivity contribution >= 4 is 22.6 Å². The van der Waals surface area contributed by atoms with Crippen molar-refractivity contribution in [3.8, 4) is 0 Å². The molecule has 1 N–H and O–H groups in total. The maximum absolute atomic E-state index is 12.4. The second kappa shape index (κ2) is 9.55. The standard InChI is InChI=1S/C23H32N4O2/c1-29-16-12-24-23(28)19-6-4-13-27(17-19)20-10-14-26(15-11-20)22-9-8-18-5-2-3-7-21(18)25-22/h2-3,5,7-9,19-20H,4,6,10-17H2,1H3,(H,24,28). The van der Waals surface area contributed by atoms with E-state index in [1.807, 2.05) is 6.07 Å². The van der Waals surface area contributed by atoms with E-state index in [1.165, 1.54) is 5.39 Å². The van der Waals surface area contributed by atoms with Crippen molar-refractivity contribution in [1.82, 2.24) is 15.2 Å². The number of nitrogens with zero attached hydrogens (tertiary/aromatic N) is 3. The molecule has 0 bridgehead atoms. The van der Waals surface area contributed by atoms with Gasteiger partial charge in [0.2, 0.25) is 5.91 Å². The molecule has 2 saturated heterocycles. The fourth-order valence-corrected chi connectivity index (χ4v) is 4.66. The zero-order chi connectivity index (χ0) is 20.1. The van der Waals surface area contributed by atoms with Gasteiger partial charge in [-0.15, -0.1) is 0 Å². The molecule has 0 saturated carbocycles. The van der Waals surface area contributed by atoms with E-state index in [-0.39, 0.29) is 11.8 Å². The molecule has 1 aromatic heterocycles. The van der Waals surface area contributed by atoms with Crippen LogP contribution in [0.5, 0.6) is 0 Å². The molecule has 29 heavy (non-hydrogen) atoms. The van der Waals surface area contributed by atoms with Gasteiger partial charge in [0.1, 0.15) is 5.82 Å². The van der Waals surface area contributed by atoms with Crippen LogP contribution < -0.4 is 10.2 Å². The molecule has 2 aromatic rings. The van der Waals surface area contributed by atoms with Crippen LogP contribution in [0.25, 0.3) is 10.9 Å². The summed E-state index contributed by atoms with van der Waals surface area (Å²) in [5.41, 5.74) is 1.06. The largest absolute Gasteiger partial charge is 0.383 e. The number of hydrogen-bond acceptors (Lipinski definition) is 5. The predicted molar refractivity (Wildman–Crippen MR) is 116 cm³/mol. The molecule has 2 fully saturated rings. The summed E-state index contributed by atoms with van der Waals surface area (Å²) in [6.45, 7) is 5.22. The van der Waals surface area contributed by atoms with Crippen LogP contribution in [0.15, 0.2) is 36.4 Å². The van der Waals surface area contributed by atoms with Crippen molar-refractivity contribution in [1.29, 1.82) is 0 Å². The first-order valence-corrected chi connectivity index (χ1v) is 10.9. The summed E-state index contributed by atoms with van der Waals surface area (Å²) >= 11 is 0. The number of fused-ring (bicyclic) bond motifs is 1. The number of hydrogen-bond donors (Lipinski definition) is 1. The van der Waals surface area contributed by atoms with E-state index < -0.39 is 0 Å². The molecule has 1 atom stereocenters. The average molecular weight is 397 g/mol. The molecule has 4 rings (SSSR count). The molecule has 6 heteroatoms. The van der Waals surface area contributed by atoms with Gasteiger partial charge >= 0.3 is 0 Å². The molecule has 0 spiro atoms. The van der Waals surface area contributed by atoms with E-state index in [1.54, 1.807) is 7.11 Å². The quantitative estimate of drug-likeness (QED) is 0.761. The fraction of sp³-hybridized carbons (Fsp3) is 0.565. The van der Waals surface area contributed by atoms with E-state index in [0.29, 0.717) is 19.2 Å². The Kier molecular flexibility index (Phi) is 6.62. The highest BCUT2D eigenvalue weighted by Crippen LogP contribution is 2.26. The Bertz CT molecular complexity index is 819. The molecular weight excluding hydrogens is 364 g/mol. The number of carbonyl (C=O) groups is 1. The average Bonchev–Trinajstić information content (AvgIpc) is 2.79. The Balaban J connectivity index is 1.31. The molecule has 2 aliphatic rings. The number of nitrogens with one attached hydrogen (secondary N) is 1. The predicted octanol–water partition coefficient (Wildman–Crippen LogP) is 2.68. The van der Waals surface area contributed by atoms with E-state index in [4.69, 9.17) is 9.72 Å². The first-order valence-electron chi connectivity index (χ1n) is 10.9. The third-order valence-electron chi connectivity index (χ3n) is 6.32. The summed E-state index contributed by atoms with van der Waals surface area (Å²) in [4.78, 5) is 22.2. The molecule has 3 heterocycles. The zero-order valence-electron chi connectivity index (χ0n) is 17.3. The number of ether oxygens (including phenoxy) is 1. The van der Waals surface area contributed by atoms with Crippen LogP contribution in [0.2, 0.25) is 0 Å². The van der Waals surface area contributed by atoms with Crippen LogP contribution >= 0.6 is 0 Å². The number of anilines is 1. The lowest BCUT2D eigenvalue weighted by molar-refractivity contribution is -0.127. The first-order chi connectivity index (χ1) is 14.2. The number of amides is 1. The zero-order valence-corrected chi connectivity index (χ0v) is 17.3. The number of pyridine rings is 1. The van der Waals surface area contributed by atoms with Crippen LogP contribution in [0.1, 0.15) is 25.7 Å². The summed E-state index contributed by atoms with van der Waals surface area (Å²) in [7, 11) is 1.66. The van der Waals surface area contributed by atoms with Crippen molar-refractivity contribution in [2.45, 2.75) is 31.7 Å². The Morgan fingerprint density at radius 1 is 1.14 bits per heavy atom. The summed E-state index contributed by atoms with van der Waals surface area (Å²) in [6, 6.07) is 13.2. The fourth-order valence-electron chi connectivity index (χ4n) is 4.66. The molecule has 156 valence electrons. The number of aromatic nitrogens is 1. The van der Waals surface area contributed by atoms with Crippen LogP contribution in [0.3, 0.4) is 0 Å². The normalized spacial score (nSPS) is 21.4. The molecular formula is C23H32N4O2. The van der Waals surface area contributed by atoms with Gasteiger partial charge in [0.25, 0.3) is 0 Å². The van der Waals surface area contributed by atoms with E-state index in [2.05, 4.69) is 45.4 Å². The number of para-hydroxylation sites is 1. The highest BCUT2D eigenvalue weighted by atomic mass is 16.5. The molecule has 0 radical (unpaired) electrons. The van der Waals surface area contributed by atoms with Gasteiger partial charge in [-0.05, 0) is 50.4 Å². The van der Waals surface area contributed by atoms with Gasteiger partial charge in [-0.2, -0.15) is 0 Å². The highest BCUT2D eigenvalue weighted by Gasteiger charge is 2.31. The highest BCUT2D eigenvalue weighted by molar-refractivity contribution is 5.80. The van der Waals surface area contributed by atoms with Gasteiger partial charge in [0.15, 0.2) is 0 Å². The Morgan fingerprint density at radius 3 is 2.79 bits per heavy atom. The monoisotopic (exact) mass is 396 g/mol. The SMILES string of the molecule is COCCNC(=O)C1CCCN(C2CCN(c3ccc4ccccc4n3)CC2)C1. The second-order valence-electron chi connectivity index (χ2n) is 8.20. The minimum absolute atomic E-state index is 0.112. The van der Waals surface area contributed by atoms with E-state index in [0.717, 1.165) is 63.2 Å². The lowest BCUT2D eigenvalue weighted by Crippen LogP contribution is -2.51. The topological polar surface area (TPSA) is 57.7 Å². The Morgan fingerprint density at radius 2 is 1.97 bits per heavy atom. The number of carbonyl (C=O) groups excluding carboxylic acids is 1.